The summed E-state index contributed by atoms with van der Waals surface area (Å²) in [7, 11) is 0. The van der Waals surface area contributed by atoms with E-state index in [-0.39, 0.29) is 11.9 Å². The zero-order chi connectivity index (χ0) is 20.6. The minimum Gasteiger partial charge on any atom is -0.347 e. The smallest absolute Gasteiger partial charge is 0.347 e. The van der Waals surface area contributed by atoms with Gasteiger partial charge in [-0.05, 0) is 62.2 Å². The Labute approximate surface area is 184 Å². The lowest BCUT2D eigenvalue weighted by atomic mass is 9.84. The zero-order valence-corrected chi connectivity index (χ0v) is 18.3. The van der Waals surface area contributed by atoms with Gasteiger partial charge in [-0.25, -0.2) is 0 Å². The van der Waals surface area contributed by atoms with E-state index >= 15 is 0 Å². The molecule has 3 saturated heterocycles. The lowest BCUT2D eigenvalue weighted by Crippen LogP contribution is -2.61. The second-order valence-corrected chi connectivity index (χ2v) is 9.70. The third kappa shape index (κ3) is 4.72. The molecule has 1 aromatic carbocycles. The summed E-state index contributed by atoms with van der Waals surface area (Å²) in [6, 6.07) is 8.14. The molecule has 3 fully saturated rings. The number of carbonyl (C=O) groups is 1. The summed E-state index contributed by atoms with van der Waals surface area (Å²) in [4.78, 5) is 19.9. The molecule has 5 rings (SSSR count). The number of nitrogens with zero attached hydrogens (tertiary/aromatic N) is 2. The molecular formula is C20H19F3IN3OS. The normalized spacial score (nSPS) is 26.3. The topological polar surface area (TPSA) is 45.2 Å². The van der Waals surface area contributed by atoms with Crippen LogP contribution in [-0.4, -0.2) is 39.0 Å². The van der Waals surface area contributed by atoms with Crippen LogP contribution in [0.4, 0.5) is 13.2 Å². The molecule has 1 aromatic heterocycles. The van der Waals surface area contributed by atoms with Crippen LogP contribution in [0.25, 0.3) is 0 Å². The van der Waals surface area contributed by atoms with Gasteiger partial charge in [0, 0.05) is 27.7 Å². The number of aromatic nitrogens is 1. The zero-order valence-electron chi connectivity index (χ0n) is 15.3. The Hall–Kier alpha value is -1.33. The summed E-state index contributed by atoms with van der Waals surface area (Å²) in [5.41, 5.74) is -0.221. The van der Waals surface area contributed by atoms with Crippen molar-refractivity contribution in [3.63, 3.8) is 0 Å². The summed E-state index contributed by atoms with van der Waals surface area (Å²) in [5, 5.41) is 3.18. The van der Waals surface area contributed by atoms with E-state index in [1.165, 1.54) is 18.0 Å². The molecule has 1 unspecified atom stereocenters. The van der Waals surface area contributed by atoms with E-state index in [9.17, 15) is 18.0 Å². The predicted molar refractivity (Wildman–Crippen MR) is 113 cm³/mol. The van der Waals surface area contributed by atoms with E-state index in [0.29, 0.717) is 20.4 Å². The van der Waals surface area contributed by atoms with E-state index in [1.54, 1.807) is 24.3 Å². The number of carbonyl (C=O) groups excluding carboxylic acids is 1. The van der Waals surface area contributed by atoms with Gasteiger partial charge in [-0.15, -0.1) is 0 Å². The Kier molecular flexibility index (Phi) is 6.08. The van der Waals surface area contributed by atoms with E-state index in [4.69, 9.17) is 0 Å². The lowest BCUT2D eigenvalue weighted by molar-refractivity contribution is -0.138. The number of fused-ring (bicyclic) bond motifs is 3. The minimum atomic E-state index is -4.42. The Balaban J connectivity index is 1.41. The van der Waals surface area contributed by atoms with Crippen molar-refractivity contribution >= 4 is 40.3 Å². The fraction of sp³-hybridized carbons (Fsp3) is 0.400. The van der Waals surface area contributed by atoms with Crippen LogP contribution in [0.5, 0.6) is 0 Å². The second-order valence-electron chi connectivity index (χ2n) is 7.28. The Morgan fingerprint density at radius 1 is 1.14 bits per heavy atom. The van der Waals surface area contributed by atoms with Gasteiger partial charge in [0.05, 0.1) is 15.7 Å². The molecule has 2 aromatic rings. The molecule has 0 aliphatic carbocycles. The molecule has 1 amide bonds. The Morgan fingerprint density at radius 3 is 2.45 bits per heavy atom. The SMILES string of the molecule is O=C(N[C@@H]1C2CCN(CC2)C1I)c1ccc(Sc2cncc(C(F)(F)F)c2)cc1. The highest BCUT2D eigenvalue weighted by atomic mass is 127. The van der Waals surface area contributed by atoms with Crippen molar-refractivity contribution < 1.29 is 18.0 Å². The van der Waals surface area contributed by atoms with Crippen LogP contribution < -0.4 is 5.32 Å². The van der Waals surface area contributed by atoms with Crippen LogP contribution in [0, 0.1) is 5.92 Å². The summed E-state index contributed by atoms with van der Waals surface area (Å²) in [5.74, 6) is 0.414. The van der Waals surface area contributed by atoms with E-state index in [1.807, 2.05) is 0 Å². The number of rotatable bonds is 4. The third-order valence-electron chi connectivity index (χ3n) is 5.42. The van der Waals surface area contributed by atoms with E-state index in [0.717, 1.165) is 43.1 Å². The first-order chi connectivity index (χ1) is 13.8. The number of hydrogen-bond donors (Lipinski definition) is 1. The molecule has 2 atom stereocenters. The number of halogens is 4. The maximum absolute atomic E-state index is 12.8. The van der Waals surface area contributed by atoms with Crippen LogP contribution in [-0.2, 0) is 6.18 Å². The van der Waals surface area contributed by atoms with Crippen molar-refractivity contribution in [1.29, 1.82) is 0 Å². The van der Waals surface area contributed by atoms with Gasteiger partial charge in [0.15, 0.2) is 0 Å². The summed E-state index contributed by atoms with van der Waals surface area (Å²) in [6.07, 6.45) is 0.0220. The number of hydrogen-bond acceptors (Lipinski definition) is 4. The first kappa shape index (κ1) is 20.9. The molecule has 154 valence electrons. The van der Waals surface area contributed by atoms with Crippen molar-refractivity contribution in [3.8, 4) is 0 Å². The molecule has 2 bridgehead atoms. The molecule has 29 heavy (non-hydrogen) atoms. The van der Waals surface area contributed by atoms with Gasteiger partial charge in [0.25, 0.3) is 5.91 Å². The molecule has 3 aliphatic rings. The molecule has 3 aliphatic heterocycles. The van der Waals surface area contributed by atoms with Crippen molar-refractivity contribution in [2.24, 2.45) is 5.92 Å². The number of alkyl halides is 4. The van der Waals surface area contributed by atoms with Crippen molar-refractivity contribution in [3.05, 3.63) is 53.9 Å². The summed E-state index contributed by atoms with van der Waals surface area (Å²) in [6.45, 7) is 2.20. The molecule has 0 spiro atoms. The Morgan fingerprint density at radius 2 is 1.83 bits per heavy atom. The molecule has 9 heteroatoms. The van der Waals surface area contributed by atoms with Crippen LogP contribution in [0.2, 0.25) is 0 Å². The number of amides is 1. The maximum Gasteiger partial charge on any atom is 0.417 e. The average Bonchev–Trinajstić information content (AvgIpc) is 2.71. The van der Waals surface area contributed by atoms with Gasteiger partial charge < -0.3 is 5.32 Å². The van der Waals surface area contributed by atoms with Gasteiger partial charge in [-0.1, -0.05) is 34.4 Å². The molecule has 1 N–H and O–H groups in total. The van der Waals surface area contributed by atoms with E-state index < -0.39 is 11.7 Å². The van der Waals surface area contributed by atoms with Crippen molar-refractivity contribution in [1.82, 2.24) is 15.2 Å². The highest BCUT2D eigenvalue weighted by Gasteiger charge is 2.41. The fourth-order valence-corrected chi connectivity index (χ4v) is 6.01. The third-order valence-corrected chi connectivity index (χ3v) is 7.95. The molecular weight excluding hydrogens is 514 g/mol. The van der Waals surface area contributed by atoms with Crippen molar-refractivity contribution in [2.75, 3.05) is 13.1 Å². The lowest BCUT2D eigenvalue weighted by Gasteiger charge is -2.48. The first-order valence-corrected chi connectivity index (χ1v) is 11.4. The largest absolute Gasteiger partial charge is 0.417 e. The molecule has 4 heterocycles. The number of pyridine rings is 1. The highest BCUT2D eigenvalue weighted by molar-refractivity contribution is 14.1. The van der Waals surface area contributed by atoms with Crippen LogP contribution >= 0.6 is 34.4 Å². The average molecular weight is 533 g/mol. The monoisotopic (exact) mass is 533 g/mol. The van der Waals surface area contributed by atoms with E-state index in [2.05, 4.69) is 37.8 Å². The minimum absolute atomic E-state index is 0.109. The van der Waals surface area contributed by atoms with Crippen molar-refractivity contribution in [2.45, 2.75) is 38.9 Å². The van der Waals surface area contributed by atoms with Gasteiger partial charge in [-0.2, -0.15) is 13.2 Å². The first-order valence-electron chi connectivity index (χ1n) is 9.30. The van der Waals surface area contributed by atoms with Gasteiger partial charge >= 0.3 is 6.18 Å². The fourth-order valence-electron chi connectivity index (χ4n) is 3.84. The van der Waals surface area contributed by atoms with Gasteiger partial charge in [0.2, 0.25) is 0 Å². The second kappa shape index (κ2) is 8.43. The number of benzene rings is 1. The number of piperidine rings is 3. The molecule has 0 radical (unpaired) electrons. The molecule has 0 saturated carbocycles. The van der Waals surface area contributed by atoms with Crippen LogP contribution in [0.1, 0.15) is 28.8 Å². The Bertz CT molecular complexity index is 883. The van der Waals surface area contributed by atoms with Gasteiger partial charge in [0.1, 0.15) is 0 Å². The van der Waals surface area contributed by atoms with Gasteiger partial charge in [-0.3, -0.25) is 14.7 Å². The summed E-state index contributed by atoms with van der Waals surface area (Å²) >= 11 is 3.59. The highest BCUT2D eigenvalue weighted by Crippen LogP contribution is 2.36. The van der Waals surface area contributed by atoms with Crippen LogP contribution in [0.15, 0.2) is 52.5 Å². The number of nitrogens with one attached hydrogen (secondary N) is 1. The summed E-state index contributed by atoms with van der Waals surface area (Å²) < 4.78 is 38.8. The standard InChI is InChI=1S/C20H19F3IN3OS/c21-20(22,23)14-9-16(11-25-10-14)29-15-3-1-13(2-4-15)19(28)26-17-12-5-7-27(8-6-12)18(17)24/h1-4,9-12,17-18H,5-8H2,(H,26,28)/t17-,18?/m1/s1. The molecule has 4 nitrogen and oxygen atoms in total. The quantitative estimate of drug-likeness (QED) is 0.348. The predicted octanol–water partition coefficient (Wildman–Crippen LogP) is 4.84. The maximum atomic E-state index is 12.8. The van der Waals surface area contributed by atoms with Crippen LogP contribution in [0.3, 0.4) is 0 Å².